The van der Waals surface area contributed by atoms with Crippen LogP contribution in [-0.4, -0.2) is 18.1 Å². The molecule has 1 unspecified atom stereocenters. The summed E-state index contributed by atoms with van der Waals surface area (Å²) in [4.78, 5) is 11.1. The van der Waals surface area contributed by atoms with Gasteiger partial charge in [-0.25, -0.2) is 0 Å². The number of rotatable bonds is 0. The smallest absolute Gasteiger partial charge is 0.238 e. The van der Waals surface area contributed by atoms with Gasteiger partial charge in [0.25, 0.3) is 0 Å². The van der Waals surface area contributed by atoms with Crippen LogP contribution in [0.4, 0.5) is 0 Å². The van der Waals surface area contributed by atoms with Crippen molar-refractivity contribution in [3.63, 3.8) is 0 Å². The van der Waals surface area contributed by atoms with Crippen LogP contribution in [0.1, 0.15) is 27.7 Å². The maximum atomic E-state index is 11.1. The molecule has 1 rings (SSSR count). The Bertz CT molecular complexity index is 171. The topological polar surface area (TPSA) is 41.1 Å². The first kappa shape index (κ1) is 8.53. The zero-order valence-electron chi connectivity index (χ0n) is 7.56. The van der Waals surface area contributed by atoms with Crippen LogP contribution in [0.25, 0.3) is 0 Å². The van der Waals surface area contributed by atoms with Gasteiger partial charge < -0.3 is 5.32 Å². The quantitative estimate of drug-likeness (QED) is 0.535. The minimum Gasteiger partial charge on any atom is -0.339 e. The van der Waals surface area contributed by atoms with Gasteiger partial charge in [-0.1, -0.05) is 20.8 Å². The first-order valence-electron chi connectivity index (χ1n) is 3.97. The molecule has 1 aliphatic heterocycles. The van der Waals surface area contributed by atoms with E-state index in [1.165, 1.54) is 0 Å². The molecule has 0 aromatic heterocycles. The second-order valence-corrected chi connectivity index (χ2v) is 4.20. The highest BCUT2D eigenvalue weighted by Gasteiger charge is 2.34. The van der Waals surface area contributed by atoms with Crippen molar-refractivity contribution < 1.29 is 4.79 Å². The summed E-state index contributed by atoms with van der Waals surface area (Å²) >= 11 is 0. The van der Waals surface area contributed by atoms with Crippen LogP contribution in [0.15, 0.2) is 0 Å². The van der Waals surface area contributed by atoms with Gasteiger partial charge in [0.05, 0.1) is 12.2 Å². The molecule has 0 aliphatic carbocycles. The van der Waals surface area contributed by atoms with E-state index in [2.05, 4.69) is 31.4 Å². The SMILES string of the molecule is C[C@@H]1NC(C(C)(C)C)NC1=O. The number of carbonyl (C=O) groups is 1. The lowest BCUT2D eigenvalue weighted by Gasteiger charge is -2.26. The van der Waals surface area contributed by atoms with Gasteiger partial charge in [0, 0.05) is 0 Å². The van der Waals surface area contributed by atoms with Crippen LogP contribution < -0.4 is 10.6 Å². The lowest BCUT2D eigenvalue weighted by atomic mass is 9.93. The van der Waals surface area contributed by atoms with Crippen molar-refractivity contribution in [1.29, 1.82) is 0 Å². The minimum absolute atomic E-state index is 0.0424. The molecule has 1 aliphatic rings. The van der Waals surface area contributed by atoms with E-state index < -0.39 is 0 Å². The summed E-state index contributed by atoms with van der Waals surface area (Å²) in [6.45, 7) is 8.18. The number of hydrogen-bond acceptors (Lipinski definition) is 2. The van der Waals surface area contributed by atoms with Crippen molar-refractivity contribution in [2.45, 2.75) is 39.9 Å². The molecule has 0 saturated carbocycles. The summed E-state index contributed by atoms with van der Waals surface area (Å²) in [7, 11) is 0. The lowest BCUT2D eigenvalue weighted by molar-refractivity contribution is -0.120. The molecule has 0 aromatic carbocycles. The Hall–Kier alpha value is -0.570. The molecule has 0 radical (unpaired) electrons. The Balaban J connectivity index is 2.61. The van der Waals surface area contributed by atoms with Crippen molar-refractivity contribution in [2.75, 3.05) is 0 Å². The van der Waals surface area contributed by atoms with Gasteiger partial charge in [0.15, 0.2) is 0 Å². The molecule has 0 bridgehead atoms. The van der Waals surface area contributed by atoms with Gasteiger partial charge in [0.2, 0.25) is 5.91 Å². The Morgan fingerprint density at radius 1 is 1.36 bits per heavy atom. The van der Waals surface area contributed by atoms with Crippen molar-refractivity contribution >= 4 is 5.91 Å². The largest absolute Gasteiger partial charge is 0.339 e. The second kappa shape index (κ2) is 2.48. The number of amides is 1. The van der Waals surface area contributed by atoms with E-state index in [9.17, 15) is 4.79 Å². The Kier molecular flexibility index (Phi) is 1.92. The van der Waals surface area contributed by atoms with E-state index in [0.29, 0.717) is 0 Å². The normalized spacial score (nSPS) is 32.2. The van der Waals surface area contributed by atoms with E-state index in [4.69, 9.17) is 0 Å². The zero-order chi connectivity index (χ0) is 8.65. The highest BCUT2D eigenvalue weighted by atomic mass is 16.2. The third kappa shape index (κ3) is 1.71. The molecule has 2 N–H and O–H groups in total. The summed E-state index contributed by atoms with van der Waals surface area (Å²) in [5, 5.41) is 6.08. The number of carbonyl (C=O) groups excluding carboxylic acids is 1. The average Bonchev–Trinajstić information content (AvgIpc) is 2.11. The molecule has 0 spiro atoms. The Morgan fingerprint density at radius 3 is 2.09 bits per heavy atom. The van der Waals surface area contributed by atoms with Crippen molar-refractivity contribution in [1.82, 2.24) is 10.6 Å². The van der Waals surface area contributed by atoms with E-state index in [-0.39, 0.29) is 23.5 Å². The van der Waals surface area contributed by atoms with Crippen molar-refractivity contribution in [2.24, 2.45) is 5.41 Å². The summed E-state index contributed by atoms with van der Waals surface area (Å²) < 4.78 is 0. The molecule has 3 nitrogen and oxygen atoms in total. The minimum atomic E-state index is -0.0424. The predicted octanol–water partition coefficient (Wildman–Crippen LogP) is 0.466. The average molecular weight is 156 g/mol. The third-order valence-corrected chi connectivity index (χ3v) is 1.96. The number of hydrogen-bond donors (Lipinski definition) is 2. The monoisotopic (exact) mass is 156 g/mol. The molecule has 64 valence electrons. The van der Waals surface area contributed by atoms with Gasteiger partial charge in [-0.15, -0.1) is 0 Å². The highest BCUT2D eigenvalue weighted by Crippen LogP contribution is 2.20. The van der Waals surface area contributed by atoms with E-state index in [0.717, 1.165) is 0 Å². The Labute approximate surface area is 67.5 Å². The molecule has 1 fully saturated rings. The fourth-order valence-corrected chi connectivity index (χ4v) is 1.10. The third-order valence-electron chi connectivity index (χ3n) is 1.96. The van der Waals surface area contributed by atoms with E-state index in [1.807, 2.05) is 6.92 Å². The molecule has 2 atom stereocenters. The van der Waals surface area contributed by atoms with Gasteiger partial charge in [0.1, 0.15) is 0 Å². The van der Waals surface area contributed by atoms with Crippen molar-refractivity contribution in [3.05, 3.63) is 0 Å². The maximum Gasteiger partial charge on any atom is 0.238 e. The van der Waals surface area contributed by atoms with Crippen LogP contribution in [0.2, 0.25) is 0 Å². The van der Waals surface area contributed by atoms with Crippen LogP contribution in [-0.2, 0) is 4.79 Å². The summed E-state index contributed by atoms with van der Waals surface area (Å²) in [5.74, 6) is 0.102. The standard InChI is InChI=1S/C8H16N2O/c1-5-6(11)10-7(9-5)8(2,3)4/h5,7,9H,1-4H3,(H,10,11)/t5-,7?/m0/s1. The summed E-state index contributed by atoms with van der Waals surface area (Å²) in [5.41, 5.74) is 0.0976. The molecular weight excluding hydrogens is 140 g/mol. The first-order chi connectivity index (χ1) is 4.91. The van der Waals surface area contributed by atoms with Gasteiger partial charge in [-0.2, -0.15) is 0 Å². The predicted molar refractivity (Wildman–Crippen MR) is 44.0 cm³/mol. The van der Waals surface area contributed by atoms with Crippen LogP contribution >= 0.6 is 0 Å². The maximum absolute atomic E-state index is 11.1. The molecule has 1 amide bonds. The molecule has 1 heterocycles. The first-order valence-corrected chi connectivity index (χ1v) is 3.97. The fraction of sp³-hybridized carbons (Fsp3) is 0.875. The Morgan fingerprint density at radius 2 is 1.91 bits per heavy atom. The van der Waals surface area contributed by atoms with Gasteiger partial charge in [-0.05, 0) is 12.3 Å². The summed E-state index contributed by atoms with van der Waals surface area (Å²) in [6.07, 6.45) is 0.116. The van der Waals surface area contributed by atoms with Gasteiger partial charge in [-0.3, -0.25) is 10.1 Å². The second-order valence-electron chi connectivity index (χ2n) is 4.20. The number of nitrogens with one attached hydrogen (secondary N) is 2. The molecule has 11 heavy (non-hydrogen) atoms. The molecule has 0 aromatic rings. The fourth-order valence-electron chi connectivity index (χ4n) is 1.10. The molecule has 1 saturated heterocycles. The van der Waals surface area contributed by atoms with Crippen molar-refractivity contribution in [3.8, 4) is 0 Å². The van der Waals surface area contributed by atoms with Crippen LogP contribution in [0.3, 0.4) is 0 Å². The van der Waals surface area contributed by atoms with Gasteiger partial charge >= 0.3 is 0 Å². The van der Waals surface area contributed by atoms with Crippen LogP contribution in [0, 0.1) is 5.41 Å². The molecule has 3 heteroatoms. The van der Waals surface area contributed by atoms with E-state index >= 15 is 0 Å². The van der Waals surface area contributed by atoms with E-state index in [1.54, 1.807) is 0 Å². The highest BCUT2D eigenvalue weighted by molar-refractivity contribution is 5.83. The van der Waals surface area contributed by atoms with Crippen LogP contribution in [0.5, 0.6) is 0 Å². The molecular formula is C8H16N2O. The summed E-state index contributed by atoms with van der Waals surface area (Å²) in [6, 6.07) is -0.0424. The zero-order valence-corrected chi connectivity index (χ0v) is 7.56. The lowest BCUT2D eigenvalue weighted by Crippen LogP contribution is -2.44.